The fourth-order valence-corrected chi connectivity index (χ4v) is 2.85. The molecule has 3 heteroatoms. The van der Waals surface area contributed by atoms with Gasteiger partial charge in [-0.1, -0.05) is 12.8 Å². The minimum absolute atomic E-state index is 0.168. The third-order valence-electron chi connectivity index (χ3n) is 3.03. The van der Waals surface area contributed by atoms with Crippen molar-refractivity contribution >= 4 is 11.3 Å². The molecule has 78 valence electrons. The van der Waals surface area contributed by atoms with Crippen LogP contribution in [0.2, 0.25) is 0 Å². The molecule has 0 radical (unpaired) electrons. The minimum atomic E-state index is -0.168. The predicted octanol–water partition coefficient (Wildman–Crippen LogP) is 2.55. The van der Waals surface area contributed by atoms with E-state index < -0.39 is 0 Å². The van der Waals surface area contributed by atoms with Crippen molar-refractivity contribution in [3.63, 3.8) is 0 Å². The highest BCUT2D eigenvalue weighted by molar-refractivity contribution is 7.09. The molecule has 0 aromatic carbocycles. The molecule has 1 aliphatic carbocycles. The molecule has 0 amide bonds. The maximum absolute atomic E-state index is 9.98. The van der Waals surface area contributed by atoms with E-state index in [1.165, 1.54) is 25.7 Å². The van der Waals surface area contributed by atoms with E-state index in [9.17, 15) is 5.11 Å². The summed E-state index contributed by atoms with van der Waals surface area (Å²) in [4.78, 5) is 4.38. The van der Waals surface area contributed by atoms with Crippen molar-refractivity contribution in [1.82, 2.24) is 4.98 Å². The number of thiazole rings is 1. The smallest absolute Gasteiger partial charge is 0.0897 e. The summed E-state index contributed by atoms with van der Waals surface area (Å²) < 4.78 is 0. The SMILES string of the molecule is Cc1nc(CC(O)C2CCCC2)cs1. The molecule has 1 aliphatic rings. The second kappa shape index (κ2) is 4.41. The summed E-state index contributed by atoms with van der Waals surface area (Å²) in [5, 5.41) is 13.1. The van der Waals surface area contributed by atoms with Gasteiger partial charge in [0.1, 0.15) is 0 Å². The van der Waals surface area contributed by atoms with Crippen LogP contribution < -0.4 is 0 Å². The van der Waals surface area contributed by atoms with Gasteiger partial charge in [0.15, 0.2) is 0 Å². The van der Waals surface area contributed by atoms with E-state index in [0.717, 1.165) is 17.1 Å². The second-order valence-electron chi connectivity index (χ2n) is 4.17. The van der Waals surface area contributed by atoms with Gasteiger partial charge in [0.25, 0.3) is 0 Å². The predicted molar refractivity (Wildman–Crippen MR) is 58.5 cm³/mol. The summed E-state index contributed by atoms with van der Waals surface area (Å²) in [7, 11) is 0. The molecule has 2 nitrogen and oxygen atoms in total. The van der Waals surface area contributed by atoms with Crippen molar-refractivity contribution in [1.29, 1.82) is 0 Å². The summed E-state index contributed by atoms with van der Waals surface area (Å²) in [6.45, 7) is 2.01. The van der Waals surface area contributed by atoms with E-state index in [1.807, 2.05) is 6.92 Å². The van der Waals surface area contributed by atoms with Crippen LogP contribution in [-0.4, -0.2) is 16.2 Å². The van der Waals surface area contributed by atoms with Crippen LogP contribution in [0.3, 0.4) is 0 Å². The third-order valence-corrected chi connectivity index (χ3v) is 3.85. The number of rotatable bonds is 3. The van der Waals surface area contributed by atoms with Gasteiger partial charge in [-0.2, -0.15) is 0 Å². The molecule has 1 atom stereocenters. The van der Waals surface area contributed by atoms with E-state index in [0.29, 0.717) is 5.92 Å². The summed E-state index contributed by atoms with van der Waals surface area (Å²) >= 11 is 1.67. The number of hydrogen-bond acceptors (Lipinski definition) is 3. The molecule has 1 aromatic heterocycles. The van der Waals surface area contributed by atoms with Crippen molar-refractivity contribution in [3.8, 4) is 0 Å². The normalized spacial score (nSPS) is 20.1. The Labute approximate surface area is 89.0 Å². The van der Waals surface area contributed by atoms with Gasteiger partial charge in [-0.25, -0.2) is 4.98 Å². The van der Waals surface area contributed by atoms with Gasteiger partial charge in [-0.3, -0.25) is 0 Å². The van der Waals surface area contributed by atoms with Crippen molar-refractivity contribution < 1.29 is 5.11 Å². The van der Waals surface area contributed by atoms with Crippen molar-refractivity contribution in [3.05, 3.63) is 16.1 Å². The lowest BCUT2D eigenvalue weighted by Gasteiger charge is -2.15. The van der Waals surface area contributed by atoms with Crippen molar-refractivity contribution in [2.24, 2.45) is 5.92 Å². The highest BCUT2D eigenvalue weighted by Gasteiger charge is 2.23. The molecule has 1 heterocycles. The Kier molecular flexibility index (Phi) is 3.19. The van der Waals surface area contributed by atoms with E-state index in [1.54, 1.807) is 11.3 Å². The second-order valence-corrected chi connectivity index (χ2v) is 5.24. The first-order valence-corrected chi connectivity index (χ1v) is 6.23. The molecule has 0 bridgehead atoms. The fraction of sp³-hybridized carbons (Fsp3) is 0.727. The molecule has 1 unspecified atom stereocenters. The molecule has 0 spiro atoms. The molecule has 1 fully saturated rings. The first kappa shape index (κ1) is 10.1. The minimum Gasteiger partial charge on any atom is -0.392 e. The van der Waals surface area contributed by atoms with Crippen molar-refractivity contribution in [2.45, 2.75) is 45.1 Å². The van der Waals surface area contributed by atoms with Gasteiger partial charge in [0.2, 0.25) is 0 Å². The van der Waals surface area contributed by atoms with Gasteiger partial charge in [0, 0.05) is 11.8 Å². The fourth-order valence-electron chi connectivity index (χ4n) is 2.23. The molecular formula is C11H17NOS. The molecule has 2 rings (SSSR count). The lowest BCUT2D eigenvalue weighted by atomic mass is 9.97. The van der Waals surface area contributed by atoms with Crippen LogP contribution in [0.25, 0.3) is 0 Å². The molecule has 1 saturated carbocycles. The summed E-state index contributed by atoms with van der Waals surface area (Å²) in [5.74, 6) is 0.525. The van der Waals surface area contributed by atoms with Crippen LogP contribution in [0.5, 0.6) is 0 Å². The maximum atomic E-state index is 9.98. The average Bonchev–Trinajstić information content (AvgIpc) is 2.75. The first-order valence-electron chi connectivity index (χ1n) is 5.35. The standard InChI is InChI=1S/C11H17NOS/c1-8-12-10(7-14-8)6-11(13)9-4-2-3-5-9/h7,9,11,13H,2-6H2,1H3. The Bertz CT molecular complexity index is 291. The topological polar surface area (TPSA) is 33.1 Å². The van der Waals surface area contributed by atoms with Crippen LogP contribution in [0.1, 0.15) is 36.4 Å². The Balaban J connectivity index is 1.90. The molecule has 0 aliphatic heterocycles. The number of aryl methyl sites for hydroxylation is 1. The lowest BCUT2D eigenvalue weighted by molar-refractivity contribution is 0.110. The zero-order chi connectivity index (χ0) is 9.97. The van der Waals surface area contributed by atoms with Gasteiger partial charge in [-0.15, -0.1) is 11.3 Å². The molecule has 1 aromatic rings. The van der Waals surface area contributed by atoms with Crippen LogP contribution in [0, 0.1) is 12.8 Å². The Hall–Kier alpha value is -0.410. The van der Waals surface area contributed by atoms with Gasteiger partial charge in [-0.05, 0) is 25.7 Å². The zero-order valence-electron chi connectivity index (χ0n) is 8.57. The molecule has 0 saturated heterocycles. The molecule has 14 heavy (non-hydrogen) atoms. The van der Waals surface area contributed by atoms with Gasteiger partial charge >= 0.3 is 0 Å². The van der Waals surface area contributed by atoms with E-state index in [4.69, 9.17) is 0 Å². The summed E-state index contributed by atoms with van der Waals surface area (Å²) in [5.41, 5.74) is 1.06. The Morgan fingerprint density at radius 3 is 2.86 bits per heavy atom. The highest BCUT2D eigenvalue weighted by Crippen LogP contribution is 2.29. The monoisotopic (exact) mass is 211 g/mol. The number of nitrogens with zero attached hydrogens (tertiary/aromatic N) is 1. The Morgan fingerprint density at radius 1 is 1.57 bits per heavy atom. The van der Waals surface area contributed by atoms with Crippen LogP contribution in [0.4, 0.5) is 0 Å². The van der Waals surface area contributed by atoms with Crippen molar-refractivity contribution in [2.75, 3.05) is 0 Å². The quantitative estimate of drug-likeness (QED) is 0.833. The van der Waals surface area contributed by atoms with Gasteiger partial charge in [0.05, 0.1) is 16.8 Å². The molecule has 1 N–H and O–H groups in total. The summed E-state index contributed by atoms with van der Waals surface area (Å²) in [6.07, 6.45) is 5.55. The van der Waals surface area contributed by atoms with E-state index >= 15 is 0 Å². The highest BCUT2D eigenvalue weighted by atomic mass is 32.1. The third kappa shape index (κ3) is 2.34. The van der Waals surface area contributed by atoms with Gasteiger partial charge < -0.3 is 5.11 Å². The lowest BCUT2D eigenvalue weighted by Crippen LogP contribution is -2.20. The Morgan fingerprint density at radius 2 is 2.29 bits per heavy atom. The number of aliphatic hydroxyl groups excluding tert-OH is 1. The summed E-state index contributed by atoms with van der Waals surface area (Å²) in [6, 6.07) is 0. The number of aromatic nitrogens is 1. The van der Waals surface area contributed by atoms with Crippen LogP contribution >= 0.6 is 11.3 Å². The molecular weight excluding hydrogens is 194 g/mol. The number of hydrogen-bond donors (Lipinski definition) is 1. The maximum Gasteiger partial charge on any atom is 0.0897 e. The van der Waals surface area contributed by atoms with E-state index in [2.05, 4.69) is 10.4 Å². The van der Waals surface area contributed by atoms with Crippen LogP contribution in [0.15, 0.2) is 5.38 Å². The van der Waals surface area contributed by atoms with Crippen LogP contribution in [-0.2, 0) is 6.42 Å². The first-order chi connectivity index (χ1) is 6.75. The number of aliphatic hydroxyl groups is 1. The average molecular weight is 211 g/mol. The van der Waals surface area contributed by atoms with E-state index in [-0.39, 0.29) is 6.10 Å². The largest absolute Gasteiger partial charge is 0.392 e. The zero-order valence-corrected chi connectivity index (χ0v) is 9.39.